The minimum Gasteiger partial charge on any atom is -0.545 e. The lowest BCUT2D eigenvalue weighted by Crippen LogP contribution is -2.46. The fourth-order valence-corrected chi connectivity index (χ4v) is 2.19. The molecular formula is C19H22N2O4. The van der Waals surface area contributed by atoms with Crippen molar-refractivity contribution in [2.24, 2.45) is 5.73 Å². The van der Waals surface area contributed by atoms with Gasteiger partial charge in [-0.25, -0.2) is 0 Å². The van der Waals surface area contributed by atoms with Crippen LogP contribution in [0.3, 0.4) is 0 Å². The Balaban J connectivity index is 1.57. The van der Waals surface area contributed by atoms with E-state index < -0.39 is 5.97 Å². The average Bonchev–Trinajstić information content (AvgIpc) is 2.61. The zero-order valence-corrected chi connectivity index (χ0v) is 13.9. The van der Waals surface area contributed by atoms with Gasteiger partial charge in [0.05, 0.1) is 24.7 Å². The van der Waals surface area contributed by atoms with Gasteiger partial charge >= 0.3 is 0 Å². The topological polar surface area (TPSA) is 110 Å². The summed E-state index contributed by atoms with van der Waals surface area (Å²) in [7, 11) is 0. The fourth-order valence-electron chi connectivity index (χ4n) is 2.19. The third kappa shape index (κ3) is 6.18. The number of hydrogen-bond donors (Lipinski definition) is 2. The number of ether oxygens (including phenoxy) is 2. The molecule has 25 heavy (non-hydrogen) atoms. The zero-order chi connectivity index (χ0) is 18.1. The van der Waals surface area contributed by atoms with Crippen molar-refractivity contribution in [3.8, 4) is 11.5 Å². The van der Waals surface area contributed by atoms with Crippen LogP contribution in [0, 0.1) is 0 Å². The minimum atomic E-state index is -1.19. The summed E-state index contributed by atoms with van der Waals surface area (Å²) < 4.78 is 11.2. The Kier molecular flexibility index (Phi) is 6.83. The molecule has 0 aliphatic heterocycles. The number of unbranched alkanes of at least 4 members (excludes halogenated alkanes) is 2. The van der Waals surface area contributed by atoms with E-state index in [-0.39, 0.29) is 5.56 Å². The molecule has 0 spiro atoms. The highest BCUT2D eigenvalue weighted by Gasteiger charge is 2.01. The molecule has 0 saturated heterocycles. The first-order valence-corrected chi connectivity index (χ1v) is 8.11. The molecule has 132 valence electrons. The Labute approximate surface area is 146 Å². The van der Waals surface area contributed by atoms with E-state index in [1.54, 1.807) is 12.1 Å². The summed E-state index contributed by atoms with van der Waals surface area (Å²) in [6, 6.07) is 13.5. The quantitative estimate of drug-likeness (QED) is 0.363. The lowest BCUT2D eigenvalue weighted by molar-refractivity contribution is -0.255. The van der Waals surface area contributed by atoms with E-state index in [9.17, 15) is 9.90 Å². The molecule has 0 aromatic heterocycles. The van der Waals surface area contributed by atoms with E-state index >= 15 is 0 Å². The third-order valence-corrected chi connectivity index (χ3v) is 3.60. The van der Waals surface area contributed by atoms with E-state index in [1.165, 1.54) is 12.1 Å². The van der Waals surface area contributed by atoms with Crippen molar-refractivity contribution in [3.05, 3.63) is 59.7 Å². The highest BCUT2D eigenvalue weighted by Crippen LogP contribution is 2.14. The van der Waals surface area contributed by atoms with Gasteiger partial charge in [-0.3, -0.25) is 11.1 Å². The summed E-state index contributed by atoms with van der Waals surface area (Å²) >= 11 is 0. The number of hydrogen-bond acceptors (Lipinski definition) is 4. The maximum absolute atomic E-state index is 10.6. The molecule has 0 unspecified atom stereocenters. The fraction of sp³-hybridized carbons (Fsp3) is 0.263. The molecule has 2 aromatic carbocycles. The normalized spacial score (nSPS) is 10.2. The van der Waals surface area contributed by atoms with Gasteiger partial charge in [-0.15, -0.1) is 0 Å². The number of aromatic carboxylic acids is 1. The lowest BCUT2D eigenvalue weighted by atomic mass is 10.2. The number of rotatable bonds is 10. The van der Waals surface area contributed by atoms with Gasteiger partial charge in [-0.1, -0.05) is 0 Å². The molecule has 6 heteroatoms. The minimum absolute atomic E-state index is 0.143. The summed E-state index contributed by atoms with van der Waals surface area (Å²) in [5, 5.41) is 16.2. The van der Waals surface area contributed by atoms with Gasteiger partial charge < -0.3 is 19.4 Å². The highest BCUT2D eigenvalue weighted by molar-refractivity contribution is 5.92. The molecule has 0 fully saturated rings. The Hall–Kier alpha value is -3.02. The number of carboxylic acid groups (broad SMARTS) is 1. The van der Waals surface area contributed by atoms with Crippen LogP contribution in [0.2, 0.25) is 0 Å². The summed E-state index contributed by atoms with van der Waals surface area (Å²) in [6.45, 7) is 1.20. The van der Waals surface area contributed by atoms with Crippen LogP contribution in [0.25, 0.3) is 0 Å². The maximum Gasteiger partial charge on any atom is 0.270 e. The van der Waals surface area contributed by atoms with Crippen molar-refractivity contribution < 1.29 is 24.8 Å². The Morgan fingerprint density at radius 2 is 1.28 bits per heavy atom. The number of carboxylic acids is 1. The van der Waals surface area contributed by atoms with Crippen molar-refractivity contribution in [2.75, 3.05) is 13.2 Å². The van der Waals surface area contributed by atoms with Crippen LogP contribution >= 0.6 is 0 Å². The van der Waals surface area contributed by atoms with Crippen LogP contribution in [0.5, 0.6) is 11.5 Å². The highest BCUT2D eigenvalue weighted by atomic mass is 16.5. The first kappa shape index (κ1) is 18.3. The van der Waals surface area contributed by atoms with Crippen LogP contribution in [-0.2, 0) is 0 Å². The van der Waals surface area contributed by atoms with Gasteiger partial charge in [0, 0.05) is 0 Å². The second kappa shape index (κ2) is 9.32. The average molecular weight is 342 g/mol. The van der Waals surface area contributed by atoms with Gasteiger partial charge in [-0.2, -0.15) is 0 Å². The second-order valence-corrected chi connectivity index (χ2v) is 5.55. The largest absolute Gasteiger partial charge is 0.545 e. The lowest BCUT2D eigenvalue weighted by Gasteiger charge is -2.08. The molecule has 2 rings (SSSR count). The second-order valence-electron chi connectivity index (χ2n) is 5.55. The number of nitrogens with two attached hydrogens (primary N) is 2. The Morgan fingerprint density at radius 1 is 0.840 bits per heavy atom. The van der Waals surface area contributed by atoms with Crippen molar-refractivity contribution in [3.63, 3.8) is 0 Å². The van der Waals surface area contributed by atoms with Crippen molar-refractivity contribution >= 4 is 11.8 Å². The van der Waals surface area contributed by atoms with E-state index in [0.29, 0.717) is 24.8 Å². The van der Waals surface area contributed by atoms with Crippen LogP contribution < -0.4 is 25.7 Å². The third-order valence-electron chi connectivity index (χ3n) is 3.60. The molecule has 0 atom stereocenters. The van der Waals surface area contributed by atoms with Gasteiger partial charge in [0.25, 0.3) is 5.84 Å². The van der Waals surface area contributed by atoms with Gasteiger partial charge in [0.1, 0.15) is 11.5 Å². The smallest absolute Gasteiger partial charge is 0.270 e. The molecule has 0 saturated carbocycles. The van der Waals surface area contributed by atoms with Crippen LogP contribution in [0.4, 0.5) is 0 Å². The predicted octanol–water partition coefficient (Wildman–Crippen LogP) is 0.143. The summed E-state index contributed by atoms with van der Waals surface area (Å²) in [4.78, 5) is 10.6. The van der Waals surface area contributed by atoms with Gasteiger partial charge in [0.2, 0.25) is 0 Å². The number of benzene rings is 2. The summed E-state index contributed by atoms with van der Waals surface area (Å²) in [6.07, 6.45) is 2.78. The van der Waals surface area contributed by atoms with Gasteiger partial charge in [-0.05, 0) is 73.4 Å². The van der Waals surface area contributed by atoms with E-state index in [4.69, 9.17) is 20.6 Å². The Bertz CT molecular complexity index is 635. The molecule has 6 nitrogen and oxygen atoms in total. The Morgan fingerprint density at radius 3 is 1.68 bits per heavy atom. The maximum atomic E-state index is 10.6. The standard InChI is InChI=1S/C19H22N2O4/c20-18(21)14-4-8-16(9-5-14)24-12-2-1-3-13-25-17-10-6-15(7-11-17)19(22)23/h4-11H,1-3,12-13H2,(H3,20,21)(H,22,23). The van der Waals surface area contributed by atoms with Crippen LogP contribution in [0.15, 0.2) is 48.5 Å². The predicted molar refractivity (Wildman–Crippen MR) is 92.3 cm³/mol. The molecule has 2 aromatic rings. The van der Waals surface area contributed by atoms with E-state index in [0.717, 1.165) is 30.6 Å². The first-order chi connectivity index (χ1) is 12.1. The molecule has 0 amide bonds. The first-order valence-electron chi connectivity index (χ1n) is 8.11. The molecule has 0 radical (unpaired) electrons. The van der Waals surface area contributed by atoms with Crippen LogP contribution in [0.1, 0.15) is 35.2 Å². The van der Waals surface area contributed by atoms with Crippen molar-refractivity contribution in [2.45, 2.75) is 19.3 Å². The summed E-state index contributed by atoms with van der Waals surface area (Å²) in [5.41, 5.74) is 6.44. The van der Waals surface area contributed by atoms with E-state index in [1.807, 2.05) is 24.3 Å². The molecule has 4 N–H and O–H groups in total. The molecule has 0 heterocycles. The molecule has 0 bridgehead atoms. The molecule has 0 aliphatic carbocycles. The number of amidine groups is 1. The number of carbonyl (C=O) groups is 1. The molecular weight excluding hydrogens is 320 g/mol. The monoisotopic (exact) mass is 342 g/mol. The van der Waals surface area contributed by atoms with Crippen molar-refractivity contribution in [1.82, 2.24) is 0 Å². The number of carbonyl (C=O) groups excluding carboxylic acids is 1. The van der Waals surface area contributed by atoms with Gasteiger partial charge in [0.15, 0.2) is 0 Å². The van der Waals surface area contributed by atoms with E-state index in [2.05, 4.69) is 0 Å². The van der Waals surface area contributed by atoms with Crippen molar-refractivity contribution in [1.29, 1.82) is 0 Å². The summed E-state index contributed by atoms with van der Waals surface area (Å²) in [5.74, 6) is 0.540. The SMILES string of the molecule is NC(=[NH2+])c1ccc(OCCCCCOc2ccc(C(=O)[O-])cc2)cc1. The zero-order valence-electron chi connectivity index (χ0n) is 13.9. The van der Waals surface area contributed by atoms with Crippen LogP contribution in [-0.4, -0.2) is 25.0 Å². The molecule has 0 aliphatic rings.